The molecule has 0 spiro atoms. The van der Waals surface area contributed by atoms with E-state index < -0.39 is 0 Å². The summed E-state index contributed by atoms with van der Waals surface area (Å²) in [7, 11) is 1.90. The van der Waals surface area contributed by atoms with E-state index in [1.807, 2.05) is 36.9 Å². The van der Waals surface area contributed by atoms with Crippen LogP contribution in [0.3, 0.4) is 0 Å². The van der Waals surface area contributed by atoms with Gasteiger partial charge in [-0.05, 0) is 43.5 Å². The van der Waals surface area contributed by atoms with E-state index in [0.29, 0.717) is 18.1 Å². The molecule has 1 saturated carbocycles. The van der Waals surface area contributed by atoms with Gasteiger partial charge in [-0.15, -0.1) is 10.2 Å². The fourth-order valence-corrected chi connectivity index (χ4v) is 3.65. The number of aromatic nitrogens is 6. The first-order chi connectivity index (χ1) is 13.2. The zero-order valence-corrected chi connectivity index (χ0v) is 15.3. The Morgan fingerprint density at radius 1 is 1.22 bits per heavy atom. The summed E-state index contributed by atoms with van der Waals surface area (Å²) in [5, 5.41) is 16.2. The van der Waals surface area contributed by atoms with Crippen LogP contribution in [0, 0.1) is 0 Å². The van der Waals surface area contributed by atoms with Gasteiger partial charge in [-0.2, -0.15) is 0 Å². The minimum absolute atomic E-state index is 0.367. The zero-order valence-electron chi connectivity index (χ0n) is 15.3. The second kappa shape index (κ2) is 6.31. The minimum atomic E-state index is 0.367. The maximum Gasteiger partial charge on any atom is 0.241 e. The second-order valence-electron chi connectivity index (χ2n) is 6.95. The van der Waals surface area contributed by atoms with Crippen molar-refractivity contribution in [1.29, 1.82) is 0 Å². The van der Waals surface area contributed by atoms with Crippen LogP contribution in [-0.2, 0) is 11.8 Å². The molecule has 4 aromatic rings. The van der Waals surface area contributed by atoms with Gasteiger partial charge in [-0.3, -0.25) is 0 Å². The van der Waals surface area contributed by atoms with Crippen molar-refractivity contribution in [3.05, 3.63) is 36.7 Å². The van der Waals surface area contributed by atoms with Crippen LogP contribution in [0.25, 0.3) is 27.7 Å². The van der Waals surface area contributed by atoms with Crippen LogP contribution in [0.5, 0.6) is 0 Å². The molecule has 0 aliphatic heterocycles. The first-order valence-electron chi connectivity index (χ1n) is 9.23. The first kappa shape index (κ1) is 16.2. The summed E-state index contributed by atoms with van der Waals surface area (Å²) in [6.45, 7) is 2.80. The highest BCUT2D eigenvalue weighted by Gasteiger charge is 2.30. The SMILES string of the molecule is CCOC1CC(Nc2ncc3c(-c4ccc5nnn(C)c5c4)ccn3n2)C1. The molecule has 1 aliphatic carbocycles. The lowest BCUT2D eigenvalue weighted by molar-refractivity contribution is 0.00283. The van der Waals surface area contributed by atoms with E-state index in [9.17, 15) is 0 Å². The quantitative estimate of drug-likeness (QED) is 0.587. The Hall–Kier alpha value is -3.00. The van der Waals surface area contributed by atoms with Gasteiger partial charge < -0.3 is 10.1 Å². The van der Waals surface area contributed by atoms with Gasteiger partial charge in [0.1, 0.15) is 5.52 Å². The van der Waals surface area contributed by atoms with Gasteiger partial charge >= 0.3 is 0 Å². The van der Waals surface area contributed by atoms with Crippen LogP contribution in [0.15, 0.2) is 36.7 Å². The lowest BCUT2D eigenvalue weighted by Crippen LogP contribution is -2.41. The molecule has 8 nitrogen and oxygen atoms in total. The maximum atomic E-state index is 5.60. The molecule has 138 valence electrons. The van der Waals surface area contributed by atoms with Gasteiger partial charge in [0.05, 0.1) is 23.3 Å². The summed E-state index contributed by atoms with van der Waals surface area (Å²) in [5.74, 6) is 0.649. The molecule has 1 aromatic carbocycles. The third kappa shape index (κ3) is 2.82. The molecule has 8 heteroatoms. The van der Waals surface area contributed by atoms with Crippen molar-refractivity contribution in [2.45, 2.75) is 31.9 Å². The Balaban J connectivity index is 1.41. The highest BCUT2D eigenvalue weighted by Crippen LogP contribution is 2.29. The predicted molar refractivity (Wildman–Crippen MR) is 103 cm³/mol. The molecule has 5 rings (SSSR count). The molecule has 3 heterocycles. The van der Waals surface area contributed by atoms with Crippen molar-refractivity contribution in [2.24, 2.45) is 7.05 Å². The van der Waals surface area contributed by atoms with E-state index in [1.54, 1.807) is 4.68 Å². The lowest BCUT2D eigenvalue weighted by atomic mass is 9.89. The van der Waals surface area contributed by atoms with E-state index in [0.717, 1.165) is 47.1 Å². The van der Waals surface area contributed by atoms with Crippen molar-refractivity contribution in [3.63, 3.8) is 0 Å². The van der Waals surface area contributed by atoms with Gasteiger partial charge in [0.2, 0.25) is 5.95 Å². The topological polar surface area (TPSA) is 82.2 Å². The van der Waals surface area contributed by atoms with Crippen LogP contribution in [0.4, 0.5) is 5.95 Å². The summed E-state index contributed by atoms with van der Waals surface area (Å²) in [6, 6.07) is 8.59. The molecular formula is C19H21N7O. The number of ether oxygens (including phenoxy) is 1. The lowest BCUT2D eigenvalue weighted by Gasteiger charge is -2.35. The molecular weight excluding hydrogens is 342 g/mol. The van der Waals surface area contributed by atoms with Crippen molar-refractivity contribution in [2.75, 3.05) is 11.9 Å². The average Bonchev–Trinajstić information content (AvgIpc) is 3.23. The molecule has 27 heavy (non-hydrogen) atoms. The minimum Gasteiger partial charge on any atom is -0.378 e. The number of fused-ring (bicyclic) bond motifs is 2. The number of anilines is 1. The van der Waals surface area contributed by atoms with Crippen molar-refractivity contribution in [1.82, 2.24) is 29.6 Å². The number of benzene rings is 1. The van der Waals surface area contributed by atoms with E-state index in [4.69, 9.17) is 4.74 Å². The second-order valence-corrected chi connectivity index (χ2v) is 6.95. The number of hydrogen-bond donors (Lipinski definition) is 1. The monoisotopic (exact) mass is 363 g/mol. The van der Waals surface area contributed by atoms with E-state index in [2.05, 4.69) is 43.9 Å². The number of rotatable bonds is 5. The summed E-state index contributed by atoms with van der Waals surface area (Å²) >= 11 is 0. The van der Waals surface area contributed by atoms with Crippen LogP contribution in [0.2, 0.25) is 0 Å². The molecule has 3 aromatic heterocycles. The number of aryl methyl sites for hydroxylation is 1. The molecule has 0 saturated heterocycles. The van der Waals surface area contributed by atoms with Gasteiger partial charge in [-0.25, -0.2) is 14.2 Å². The van der Waals surface area contributed by atoms with Gasteiger partial charge in [0, 0.05) is 31.5 Å². The van der Waals surface area contributed by atoms with Crippen LogP contribution in [0.1, 0.15) is 19.8 Å². The van der Waals surface area contributed by atoms with E-state index in [1.165, 1.54) is 0 Å². The highest BCUT2D eigenvalue weighted by molar-refractivity contribution is 5.87. The van der Waals surface area contributed by atoms with Crippen molar-refractivity contribution in [3.8, 4) is 11.1 Å². The van der Waals surface area contributed by atoms with Crippen molar-refractivity contribution < 1.29 is 4.74 Å². The Labute approximate surface area is 156 Å². The normalized spacial score (nSPS) is 19.5. The summed E-state index contributed by atoms with van der Waals surface area (Å²) in [6.07, 6.45) is 6.21. The molecule has 1 N–H and O–H groups in total. The highest BCUT2D eigenvalue weighted by atomic mass is 16.5. The number of nitrogens with zero attached hydrogens (tertiary/aromatic N) is 6. The zero-order chi connectivity index (χ0) is 18.4. The van der Waals surface area contributed by atoms with Crippen LogP contribution >= 0.6 is 0 Å². The average molecular weight is 363 g/mol. The molecule has 0 amide bonds. The summed E-state index contributed by atoms with van der Waals surface area (Å²) < 4.78 is 9.26. The number of nitrogens with one attached hydrogen (secondary N) is 1. The third-order valence-electron chi connectivity index (χ3n) is 5.17. The predicted octanol–water partition coefficient (Wildman–Crippen LogP) is 2.66. The fourth-order valence-electron chi connectivity index (χ4n) is 3.65. The van der Waals surface area contributed by atoms with Gasteiger partial charge in [0.15, 0.2) is 0 Å². The van der Waals surface area contributed by atoms with Crippen LogP contribution < -0.4 is 5.32 Å². The molecule has 1 aliphatic rings. The van der Waals surface area contributed by atoms with Gasteiger partial charge in [0.25, 0.3) is 0 Å². The Morgan fingerprint density at radius 3 is 2.96 bits per heavy atom. The van der Waals surface area contributed by atoms with Gasteiger partial charge in [-0.1, -0.05) is 11.3 Å². The Bertz CT molecular complexity index is 1110. The molecule has 0 atom stereocenters. The molecule has 0 unspecified atom stereocenters. The standard InChI is InChI=1S/C19H21N7O/c1-3-27-14-9-13(10-14)21-19-20-11-18-15(6-7-26(18)23-19)12-4-5-16-17(8-12)25(2)24-22-16/h4-8,11,13-14H,3,9-10H2,1-2H3,(H,21,23). The summed E-state index contributed by atoms with van der Waals surface area (Å²) in [5.41, 5.74) is 5.04. The smallest absolute Gasteiger partial charge is 0.241 e. The largest absolute Gasteiger partial charge is 0.378 e. The first-order valence-corrected chi connectivity index (χ1v) is 9.23. The van der Waals surface area contributed by atoms with Crippen LogP contribution in [-0.4, -0.2) is 48.3 Å². The summed E-state index contributed by atoms with van der Waals surface area (Å²) in [4.78, 5) is 4.51. The third-order valence-corrected chi connectivity index (χ3v) is 5.17. The van der Waals surface area contributed by atoms with E-state index in [-0.39, 0.29) is 0 Å². The number of hydrogen-bond acceptors (Lipinski definition) is 6. The molecule has 1 fully saturated rings. The molecule has 0 radical (unpaired) electrons. The van der Waals surface area contributed by atoms with Crippen molar-refractivity contribution >= 4 is 22.5 Å². The Kier molecular flexibility index (Phi) is 3.78. The fraction of sp³-hybridized carbons (Fsp3) is 0.368. The maximum absolute atomic E-state index is 5.60. The molecule has 0 bridgehead atoms. The van der Waals surface area contributed by atoms with E-state index >= 15 is 0 Å². The Morgan fingerprint density at radius 2 is 2.11 bits per heavy atom.